The number of thiophene rings is 1. The Morgan fingerprint density at radius 2 is 1.65 bits per heavy atom. The molecule has 7 rings (SSSR count). The van der Waals surface area contributed by atoms with Crippen LogP contribution in [0.25, 0.3) is 33.4 Å². The summed E-state index contributed by atoms with van der Waals surface area (Å²) in [5.74, 6) is 0.267. The third-order valence-electron chi connectivity index (χ3n) is 10.0. The van der Waals surface area contributed by atoms with Crippen molar-refractivity contribution in [2.45, 2.75) is 84.2 Å². The lowest BCUT2D eigenvalue weighted by Gasteiger charge is -2.45. The number of nitrogens with zero attached hydrogens (tertiary/aromatic N) is 4. The molecule has 0 saturated heterocycles. The van der Waals surface area contributed by atoms with Gasteiger partial charge in [0.25, 0.3) is 14.7 Å². The molecule has 0 spiro atoms. The molecule has 1 unspecified atom stereocenters. The fourth-order valence-corrected chi connectivity index (χ4v) is 14.2. The smallest absolute Gasteiger partial charge is 0.282 e. The number of alkyl halides is 2. The maximum atomic E-state index is 15.4. The van der Waals surface area contributed by atoms with Crippen molar-refractivity contribution in [3.05, 3.63) is 100.0 Å². The van der Waals surface area contributed by atoms with Crippen molar-refractivity contribution >= 4 is 60.7 Å². The van der Waals surface area contributed by atoms with E-state index in [2.05, 4.69) is 69.8 Å². The summed E-state index contributed by atoms with van der Waals surface area (Å²) in [6, 6.07) is 27.5. The molecule has 1 aliphatic rings. The Morgan fingerprint density at radius 3 is 2.22 bits per heavy atom. The van der Waals surface area contributed by atoms with E-state index in [0.29, 0.717) is 27.8 Å². The first-order chi connectivity index (χ1) is 25.7. The highest BCUT2D eigenvalue weighted by Gasteiger charge is 2.52. The lowest BCUT2D eigenvalue weighted by molar-refractivity contribution is 0.0663. The van der Waals surface area contributed by atoms with Crippen LogP contribution in [0.1, 0.15) is 37.8 Å². The van der Waals surface area contributed by atoms with Gasteiger partial charge in [0.05, 0.1) is 23.9 Å². The molecule has 54 heavy (non-hydrogen) atoms. The standard InChI is InChI=1S/C41H47ClF2N4O3SSi2/c1-27-23-32(37(42)52-27)33-31-19-14-20-45-39(31)47(26-49-21-22-53(5,6)7)36(33)34-35(38(43)44)46-48-24-28(25-50-40(34)48)51-54(41(2,3)4,29-15-10-8-11-16-29)30-17-12-9-13-18-30/h8-20,23,28,38H,21-22,24-26H2,1-7H3. The first kappa shape index (κ1) is 38.6. The zero-order valence-corrected chi connectivity index (χ0v) is 35.4. The van der Waals surface area contributed by atoms with Crippen molar-refractivity contribution in [2.24, 2.45) is 0 Å². The van der Waals surface area contributed by atoms with E-state index in [1.807, 2.05) is 66.1 Å². The number of hydrogen-bond donors (Lipinski definition) is 0. The van der Waals surface area contributed by atoms with Crippen LogP contribution in [0.5, 0.6) is 5.88 Å². The van der Waals surface area contributed by atoms with E-state index in [0.717, 1.165) is 32.2 Å². The first-order valence-corrected chi connectivity index (χ1v) is 25.1. The molecule has 7 nitrogen and oxygen atoms in total. The molecule has 2 aromatic carbocycles. The van der Waals surface area contributed by atoms with Gasteiger partial charge in [-0.15, -0.1) is 11.3 Å². The zero-order chi connectivity index (χ0) is 38.4. The van der Waals surface area contributed by atoms with Crippen molar-refractivity contribution in [3.8, 4) is 28.3 Å². The third kappa shape index (κ3) is 7.24. The number of rotatable bonds is 12. The molecule has 1 aliphatic heterocycles. The van der Waals surface area contributed by atoms with Gasteiger partial charge in [-0.3, -0.25) is 0 Å². The van der Waals surface area contributed by atoms with Crippen LogP contribution >= 0.6 is 22.9 Å². The Kier molecular flexibility index (Phi) is 10.8. The van der Waals surface area contributed by atoms with E-state index in [1.54, 1.807) is 10.9 Å². The monoisotopic (exact) mass is 804 g/mol. The van der Waals surface area contributed by atoms with Crippen molar-refractivity contribution in [1.29, 1.82) is 0 Å². The average molecular weight is 806 g/mol. The molecular weight excluding hydrogens is 758 g/mol. The predicted molar refractivity (Wildman–Crippen MR) is 221 cm³/mol. The topological polar surface area (TPSA) is 63.3 Å². The Balaban J connectivity index is 1.37. The van der Waals surface area contributed by atoms with Gasteiger partial charge < -0.3 is 18.5 Å². The zero-order valence-electron chi connectivity index (χ0n) is 31.8. The largest absolute Gasteiger partial charge is 0.475 e. The van der Waals surface area contributed by atoms with Gasteiger partial charge in [0.15, 0.2) is 0 Å². The van der Waals surface area contributed by atoms with E-state index in [4.69, 9.17) is 30.5 Å². The summed E-state index contributed by atoms with van der Waals surface area (Å²) in [5, 5.41) is 7.35. The maximum Gasteiger partial charge on any atom is 0.282 e. The molecule has 6 aromatic rings. The summed E-state index contributed by atoms with van der Waals surface area (Å²) in [5.41, 5.74) is 2.41. The van der Waals surface area contributed by atoms with Crippen LogP contribution in [0.4, 0.5) is 8.78 Å². The van der Waals surface area contributed by atoms with Crippen molar-refractivity contribution in [2.75, 3.05) is 13.2 Å². The summed E-state index contributed by atoms with van der Waals surface area (Å²) in [4.78, 5) is 5.76. The van der Waals surface area contributed by atoms with Crippen molar-refractivity contribution in [3.63, 3.8) is 0 Å². The second-order valence-corrected chi connectivity index (χ2v) is 27.9. The molecule has 0 aliphatic carbocycles. The normalized spacial score (nSPS) is 15.2. The highest BCUT2D eigenvalue weighted by Crippen LogP contribution is 2.50. The van der Waals surface area contributed by atoms with Crippen LogP contribution in [0.15, 0.2) is 85.1 Å². The van der Waals surface area contributed by atoms with E-state index in [-0.39, 0.29) is 42.1 Å². The molecule has 0 saturated carbocycles. The maximum absolute atomic E-state index is 15.4. The van der Waals surface area contributed by atoms with Crippen LogP contribution in [0.2, 0.25) is 35.1 Å². The second-order valence-electron chi connectivity index (χ2n) is 16.2. The van der Waals surface area contributed by atoms with Gasteiger partial charge in [0, 0.05) is 42.3 Å². The molecule has 13 heteroatoms. The van der Waals surface area contributed by atoms with Crippen LogP contribution in [-0.4, -0.2) is 55.0 Å². The summed E-state index contributed by atoms with van der Waals surface area (Å²) in [6.07, 6.45) is -1.65. The fourth-order valence-electron chi connectivity index (χ4n) is 7.56. The number of aromatic nitrogens is 4. The van der Waals surface area contributed by atoms with Gasteiger partial charge in [-0.25, -0.2) is 18.4 Å². The number of ether oxygens (including phenoxy) is 2. The Bertz CT molecular complexity index is 2210. The highest BCUT2D eigenvalue weighted by atomic mass is 35.5. The summed E-state index contributed by atoms with van der Waals surface area (Å²) >= 11 is 8.36. The van der Waals surface area contributed by atoms with Crippen LogP contribution in [0, 0.1) is 6.92 Å². The van der Waals surface area contributed by atoms with Gasteiger partial charge in [0.2, 0.25) is 5.88 Å². The van der Waals surface area contributed by atoms with Crippen molar-refractivity contribution in [1.82, 2.24) is 19.3 Å². The van der Waals surface area contributed by atoms with E-state index in [1.165, 1.54) is 11.3 Å². The number of pyridine rings is 1. The Labute approximate surface area is 327 Å². The number of fused-ring (bicyclic) bond motifs is 2. The van der Waals surface area contributed by atoms with E-state index >= 15 is 8.78 Å². The summed E-state index contributed by atoms with van der Waals surface area (Å²) in [6.45, 7) is 16.6. The Hall–Kier alpha value is -3.66. The average Bonchev–Trinajstić information content (AvgIpc) is 3.78. The first-order valence-electron chi connectivity index (χ1n) is 18.3. The lowest BCUT2D eigenvalue weighted by atomic mass is 10.0. The molecule has 0 fully saturated rings. The lowest BCUT2D eigenvalue weighted by Crippen LogP contribution is -2.68. The quantitative estimate of drug-likeness (QED) is 0.0911. The molecule has 0 N–H and O–H groups in total. The minimum absolute atomic E-state index is 0.112. The van der Waals surface area contributed by atoms with Gasteiger partial charge in [-0.05, 0) is 46.6 Å². The van der Waals surface area contributed by atoms with E-state index in [9.17, 15) is 0 Å². The van der Waals surface area contributed by atoms with Gasteiger partial charge in [-0.1, -0.05) is 113 Å². The van der Waals surface area contributed by atoms with E-state index < -0.39 is 28.9 Å². The van der Waals surface area contributed by atoms with Gasteiger partial charge >= 0.3 is 0 Å². The van der Waals surface area contributed by atoms with Crippen molar-refractivity contribution < 1.29 is 22.7 Å². The van der Waals surface area contributed by atoms with Crippen LogP contribution in [0.3, 0.4) is 0 Å². The molecule has 1 atom stereocenters. The third-order valence-corrected chi connectivity index (χ3v) is 18.1. The van der Waals surface area contributed by atoms with Gasteiger partial charge in [0.1, 0.15) is 29.0 Å². The number of benzene rings is 2. The summed E-state index contributed by atoms with van der Waals surface area (Å²) in [7, 11) is -4.38. The fraction of sp³-hybridized carbons (Fsp3) is 0.366. The number of halogens is 3. The number of hydrogen-bond acceptors (Lipinski definition) is 6. The minimum atomic E-state index is -2.98. The van der Waals surface area contributed by atoms with Gasteiger partial charge in [-0.2, -0.15) is 5.10 Å². The SMILES string of the molecule is Cc1cc(-c2c(-c3c(C(F)F)nn4c3OCC(O[Si](c3ccccc3)(c3ccccc3)C(C)(C)C)C4)n(COCC[Si](C)(C)C)c3ncccc23)c(Cl)s1. The van der Waals surface area contributed by atoms with Crippen LogP contribution < -0.4 is 15.1 Å². The second kappa shape index (κ2) is 15.1. The molecule has 0 bridgehead atoms. The molecule has 0 radical (unpaired) electrons. The van der Waals surface area contributed by atoms with Crippen LogP contribution in [-0.2, 0) is 22.4 Å². The summed E-state index contributed by atoms with van der Waals surface area (Å²) < 4.78 is 55.1. The number of aryl methyl sites for hydroxylation is 1. The minimum Gasteiger partial charge on any atom is -0.475 e. The molecule has 0 amide bonds. The molecule has 5 heterocycles. The highest BCUT2D eigenvalue weighted by molar-refractivity contribution is 7.16. The molecule has 4 aromatic heterocycles. The molecule has 284 valence electrons. The Morgan fingerprint density at radius 1 is 0.981 bits per heavy atom. The predicted octanol–water partition coefficient (Wildman–Crippen LogP) is 10.2. The molecular formula is C41H47ClF2N4O3SSi2.